The lowest BCUT2D eigenvalue weighted by Gasteiger charge is -1.96. The Labute approximate surface area is 62.6 Å². The molecule has 10 heavy (non-hydrogen) atoms. The van der Waals surface area contributed by atoms with Gasteiger partial charge in [0.05, 0.1) is 18.3 Å². The van der Waals surface area contributed by atoms with Gasteiger partial charge in [-0.1, -0.05) is 11.3 Å². The van der Waals surface area contributed by atoms with Crippen LogP contribution >= 0.6 is 11.3 Å². The fraction of sp³-hybridized carbons (Fsp3) is 0.500. The van der Waals surface area contributed by atoms with Crippen LogP contribution in [0.25, 0.3) is 0 Å². The summed E-state index contributed by atoms with van der Waals surface area (Å²) in [7, 11) is 0. The predicted octanol–water partition coefficient (Wildman–Crippen LogP) is 0.921. The van der Waals surface area contributed by atoms with E-state index in [1.165, 1.54) is 11.3 Å². The van der Waals surface area contributed by atoms with E-state index in [9.17, 15) is 0 Å². The Morgan fingerprint density at radius 2 is 2.80 bits per heavy atom. The molecule has 2 heterocycles. The van der Waals surface area contributed by atoms with Gasteiger partial charge in [-0.3, -0.25) is 0 Å². The third-order valence-electron chi connectivity index (χ3n) is 1.22. The summed E-state index contributed by atoms with van der Waals surface area (Å²) in [6.07, 6.45) is 2.05. The maximum absolute atomic E-state index is 5.30. The molecule has 0 bridgehead atoms. The van der Waals surface area contributed by atoms with E-state index in [1.54, 1.807) is 11.7 Å². The second-order valence-corrected chi connectivity index (χ2v) is 2.94. The molecule has 54 valence electrons. The van der Waals surface area contributed by atoms with Gasteiger partial charge in [0.2, 0.25) is 0 Å². The maximum atomic E-state index is 5.30. The minimum atomic E-state index is 0.335. The molecule has 1 aromatic heterocycles. The lowest BCUT2D eigenvalue weighted by atomic mass is 10.5. The quantitative estimate of drug-likeness (QED) is 0.612. The number of ether oxygens (including phenoxy) is 2. The molecule has 1 aliphatic rings. The fourth-order valence-corrected chi connectivity index (χ4v) is 1.10. The number of thiazole rings is 1. The van der Waals surface area contributed by atoms with Crippen LogP contribution in [-0.2, 0) is 4.74 Å². The highest BCUT2D eigenvalue weighted by molar-refractivity contribution is 7.11. The number of aromatic nitrogens is 1. The standard InChI is InChI=1S/C6H7NO2S/c1-6(10-4-7-1)9-3-5-2-8-5/h1,4-5H,2-3H2. The van der Waals surface area contributed by atoms with Gasteiger partial charge in [0.15, 0.2) is 5.06 Å². The molecule has 4 heteroatoms. The van der Waals surface area contributed by atoms with Crippen LogP contribution in [0.2, 0.25) is 0 Å². The van der Waals surface area contributed by atoms with Crippen molar-refractivity contribution in [3.8, 4) is 5.06 Å². The molecule has 1 atom stereocenters. The van der Waals surface area contributed by atoms with Crippen molar-refractivity contribution < 1.29 is 9.47 Å². The SMILES string of the molecule is c1ncc(OCC2CO2)s1. The average molecular weight is 157 g/mol. The van der Waals surface area contributed by atoms with Gasteiger partial charge in [-0.15, -0.1) is 0 Å². The van der Waals surface area contributed by atoms with Crippen LogP contribution in [0.5, 0.6) is 5.06 Å². The molecule has 0 aromatic carbocycles. The molecule has 0 saturated carbocycles. The van der Waals surface area contributed by atoms with E-state index in [-0.39, 0.29) is 0 Å². The predicted molar refractivity (Wildman–Crippen MR) is 37.3 cm³/mol. The summed E-state index contributed by atoms with van der Waals surface area (Å²) in [5.74, 6) is 0. The van der Waals surface area contributed by atoms with Gasteiger partial charge in [0.25, 0.3) is 0 Å². The number of hydrogen-bond donors (Lipinski definition) is 0. The molecular weight excluding hydrogens is 150 g/mol. The molecule has 1 unspecified atom stereocenters. The van der Waals surface area contributed by atoms with E-state index in [1.807, 2.05) is 0 Å². The molecule has 0 aliphatic carbocycles. The Morgan fingerprint density at radius 1 is 1.90 bits per heavy atom. The molecule has 3 nitrogen and oxygen atoms in total. The third kappa shape index (κ3) is 1.46. The lowest BCUT2D eigenvalue weighted by Crippen LogP contribution is -2.02. The summed E-state index contributed by atoms with van der Waals surface area (Å²) in [6.45, 7) is 1.51. The molecule has 1 aromatic rings. The van der Waals surface area contributed by atoms with Crippen molar-refractivity contribution in [2.24, 2.45) is 0 Å². The van der Waals surface area contributed by atoms with E-state index in [0.717, 1.165) is 11.7 Å². The molecule has 0 N–H and O–H groups in total. The largest absolute Gasteiger partial charge is 0.480 e. The minimum Gasteiger partial charge on any atom is -0.480 e. The topological polar surface area (TPSA) is 34.6 Å². The van der Waals surface area contributed by atoms with Gasteiger partial charge >= 0.3 is 0 Å². The fourth-order valence-electron chi connectivity index (χ4n) is 0.615. The van der Waals surface area contributed by atoms with E-state index >= 15 is 0 Å². The van der Waals surface area contributed by atoms with Crippen molar-refractivity contribution in [3.05, 3.63) is 11.7 Å². The summed E-state index contributed by atoms with van der Waals surface area (Å²) in [5.41, 5.74) is 1.75. The Kier molecular flexibility index (Phi) is 1.56. The second kappa shape index (κ2) is 2.56. The van der Waals surface area contributed by atoms with Crippen LogP contribution in [0, 0.1) is 0 Å². The highest BCUT2D eigenvalue weighted by Gasteiger charge is 2.23. The van der Waals surface area contributed by atoms with Gasteiger partial charge in [-0.2, -0.15) is 0 Å². The molecule has 1 aliphatic heterocycles. The summed E-state index contributed by atoms with van der Waals surface area (Å²) >= 11 is 1.50. The molecule has 0 spiro atoms. The number of nitrogens with zero attached hydrogens (tertiary/aromatic N) is 1. The van der Waals surface area contributed by atoms with Crippen molar-refractivity contribution >= 4 is 11.3 Å². The van der Waals surface area contributed by atoms with Gasteiger partial charge < -0.3 is 9.47 Å². The third-order valence-corrected chi connectivity index (χ3v) is 1.91. The van der Waals surface area contributed by atoms with Gasteiger partial charge in [0, 0.05) is 0 Å². The highest BCUT2D eigenvalue weighted by Crippen LogP contribution is 2.18. The maximum Gasteiger partial charge on any atom is 0.193 e. The number of hydrogen-bond acceptors (Lipinski definition) is 4. The van der Waals surface area contributed by atoms with Crippen LogP contribution in [0.4, 0.5) is 0 Å². The zero-order valence-corrected chi connectivity index (χ0v) is 6.13. The number of epoxide rings is 1. The molecule has 1 fully saturated rings. The number of rotatable bonds is 3. The lowest BCUT2D eigenvalue weighted by molar-refractivity contribution is 0.268. The molecule has 2 rings (SSSR count). The molecule has 0 amide bonds. The Hall–Kier alpha value is -0.610. The van der Waals surface area contributed by atoms with Crippen molar-refractivity contribution in [3.63, 3.8) is 0 Å². The molecule has 0 radical (unpaired) electrons. The summed E-state index contributed by atoms with van der Waals surface area (Å²) in [4.78, 5) is 3.87. The van der Waals surface area contributed by atoms with Crippen LogP contribution in [0.3, 0.4) is 0 Å². The first kappa shape index (κ1) is 6.12. The van der Waals surface area contributed by atoms with Crippen molar-refractivity contribution in [2.45, 2.75) is 6.10 Å². The van der Waals surface area contributed by atoms with Crippen LogP contribution in [0.1, 0.15) is 0 Å². The van der Waals surface area contributed by atoms with Crippen LogP contribution < -0.4 is 4.74 Å². The zero-order chi connectivity index (χ0) is 6.81. The molecular formula is C6H7NO2S. The normalized spacial score (nSPS) is 22.6. The first-order chi connectivity index (χ1) is 4.95. The van der Waals surface area contributed by atoms with E-state index in [4.69, 9.17) is 9.47 Å². The van der Waals surface area contributed by atoms with Crippen molar-refractivity contribution in [1.29, 1.82) is 0 Å². The van der Waals surface area contributed by atoms with E-state index < -0.39 is 0 Å². The smallest absolute Gasteiger partial charge is 0.193 e. The van der Waals surface area contributed by atoms with E-state index in [2.05, 4.69) is 4.98 Å². The first-order valence-corrected chi connectivity index (χ1v) is 3.96. The highest BCUT2D eigenvalue weighted by atomic mass is 32.1. The van der Waals surface area contributed by atoms with Gasteiger partial charge in [0.1, 0.15) is 12.7 Å². The minimum absolute atomic E-state index is 0.335. The Morgan fingerprint density at radius 3 is 3.40 bits per heavy atom. The summed E-state index contributed by atoms with van der Waals surface area (Å²) < 4.78 is 10.3. The van der Waals surface area contributed by atoms with E-state index in [0.29, 0.717) is 12.7 Å². The Balaban J connectivity index is 1.79. The summed E-state index contributed by atoms with van der Waals surface area (Å²) in [6, 6.07) is 0. The van der Waals surface area contributed by atoms with Crippen LogP contribution in [-0.4, -0.2) is 24.3 Å². The monoisotopic (exact) mass is 157 g/mol. The van der Waals surface area contributed by atoms with Gasteiger partial charge in [-0.05, 0) is 0 Å². The van der Waals surface area contributed by atoms with Crippen molar-refractivity contribution in [1.82, 2.24) is 4.98 Å². The average Bonchev–Trinajstić information content (AvgIpc) is 2.63. The first-order valence-electron chi connectivity index (χ1n) is 3.08. The summed E-state index contributed by atoms with van der Waals surface area (Å²) in [5, 5.41) is 0.871. The zero-order valence-electron chi connectivity index (χ0n) is 5.32. The second-order valence-electron chi connectivity index (χ2n) is 2.09. The van der Waals surface area contributed by atoms with Crippen molar-refractivity contribution in [2.75, 3.05) is 13.2 Å². The van der Waals surface area contributed by atoms with Crippen LogP contribution in [0.15, 0.2) is 11.7 Å². The van der Waals surface area contributed by atoms with Gasteiger partial charge in [-0.25, -0.2) is 4.98 Å². The molecule has 1 saturated heterocycles. The Bertz CT molecular complexity index is 196.